The molecule has 2 aromatic rings. The number of hydrogen-bond donors (Lipinski definition) is 1. The lowest BCUT2D eigenvalue weighted by atomic mass is 10.2. The number of sulfonamides is 1. The summed E-state index contributed by atoms with van der Waals surface area (Å²) in [5.41, 5.74) is 1.98. The predicted octanol–water partition coefficient (Wildman–Crippen LogP) is 2.95. The molecular weight excluding hydrogens is 336 g/mol. The number of benzene rings is 2. The molecule has 0 bridgehead atoms. The lowest BCUT2D eigenvalue weighted by Crippen LogP contribution is -2.46. The fourth-order valence-corrected chi connectivity index (χ4v) is 4.67. The third-order valence-electron chi connectivity index (χ3n) is 4.90. The molecule has 25 heavy (non-hydrogen) atoms. The van der Waals surface area contributed by atoms with Gasteiger partial charge in [-0.3, -0.25) is 0 Å². The number of likely N-dealkylation sites (tertiary alicyclic amines) is 1. The molecule has 1 N–H and O–H groups in total. The van der Waals surface area contributed by atoms with E-state index in [1.54, 1.807) is 24.3 Å². The van der Waals surface area contributed by atoms with Crippen LogP contribution in [0.5, 0.6) is 0 Å². The van der Waals surface area contributed by atoms with E-state index >= 15 is 0 Å². The number of hydroxylamine groups is 3. The third-order valence-corrected chi connectivity index (χ3v) is 6.44. The first-order valence-electron chi connectivity index (χ1n) is 8.49. The van der Waals surface area contributed by atoms with Crippen molar-refractivity contribution < 1.29 is 13.1 Å². The summed E-state index contributed by atoms with van der Waals surface area (Å²) in [6.07, 6.45) is 0.543. The maximum absolute atomic E-state index is 13.2. The topological polar surface area (TPSA) is 69.2 Å². The highest BCUT2D eigenvalue weighted by Gasteiger charge is 2.40. The molecule has 6 heteroatoms. The van der Waals surface area contributed by atoms with Crippen molar-refractivity contribution >= 4 is 10.0 Å². The SMILES string of the molecule is Cc1ccc(S(=O)(=O)NC2CC(C)[N+]([O-])(Cc3ccccc3)C2)cc1. The molecule has 0 saturated carbocycles. The first kappa shape index (κ1) is 18.1. The van der Waals surface area contributed by atoms with Crippen LogP contribution in [0, 0.1) is 12.1 Å². The Labute approximate surface area is 149 Å². The number of nitrogens with zero attached hydrogens (tertiary/aromatic N) is 1. The van der Waals surface area contributed by atoms with E-state index in [9.17, 15) is 13.6 Å². The highest BCUT2D eigenvalue weighted by Crippen LogP contribution is 2.29. The van der Waals surface area contributed by atoms with Crippen LogP contribution in [0.3, 0.4) is 0 Å². The van der Waals surface area contributed by atoms with Gasteiger partial charge < -0.3 is 9.85 Å². The molecule has 1 fully saturated rings. The standard InChI is InChI=1S/C19H24N2O3S/c1-15-8-10-19(11-9-15)25(23,24)20-18-12-16(2)21(22,14-18)13-17-6-4-3-5-7-17/h3-11,16,18,20H,12-14H2,1-2H3. The van der Waals surface area contributed by atoms with Gasteiger partial charge in [0.2, 0.25) is 10.0 Å². The molecule has 0 spiro atoms. The number of rotatable bonds is 5. The van der Waals surface area contributed by atoms with Gasteiger partial charge in [0, 0.05) is 12.0 Å². The largest absolute Gasteiger partial charge is 0.632 e. The van der Waals surface area contributed by atoms with Gasteiger partial charge in [-0.1, -0.05) is 48.0 Å². The first-order valence-corrected chi connectivity index (χ1v) is 9.97. The Morgan fingerprint density at radius 2 is 1.76 bits per heavy atom. The van der Waals surface area contributed by atoms with Gasteiger partial charge in [0.25, 0.3) is 0 Å². The van der Waals surface area contributed by atoms with Gasteiger partial charge in [0.1, 0.15) is 6.54 Å². The molecule has 0 amide bonds. The number of aryl methyl sites for hydroxylation is 1. The van der Waals surface area contributed by atoms with Gasteiger partial charge in [0.15, 0.2) is 0 Å². The summed E-state index contributed by atoms with van der Waals surface area (Å²) in [5, 5.41) is 13.2. The second-order valence-electron chi connectivity index (χ2n) is 6.99. The van der Waals surface area contributed by atoms with Crippen LogP contribution in [0.4, 0.5) is 0 Å². The van der Waals surface area contributed by atoms with E-state index < -0.39 is 14.7 Å². The van der Waals surface area contributed by atoms with Crippen molar-refractivity contribution in [1.29, 1.82) is 0 Å². The van der Waals surface area contributed by atoms with Crippen molar-refractivity contribution in [3.63, 3.8) is 0 Å². The minimum atomic E-state index is -3.61. The van der Waals surface area contributed by atoms with Crippen molar-refractivity contribution in [1.82, 2.24) is 4.72 Å². The zero-order valence-corrected chi connectivity index (χ0v) is 15.4. The van der Waals surface area contributed by atoms with Crippen LogP contribution >= 0.6 is 0 Å². The van der Waals surface area contributed by atoms with Crippen LogP contribution < -0.4 is 4.72 Å². The van der Waals surface area contributed by atoms with Gasteiger partial charge in [-0.25, -0.2) is 13.1 Å². The lowest BCUT2D eigenvalue weighted by molar-refractivity contribution is -0.904. The Kier molecular flexibility index (Phi) is 4.97. The fraction of sp³-hybridized carbons (Fsp3) is 0.368. The monoisotopic (exact) mass is 360 g/mol. The highest BCUT2D eigenvalue weighted by atomic mass is 32.2. The smallest absolute Gasteiger partial charge is 0.241 e. The molecule has 2 aromatic carbocycles. The molecule has 0 radical (unpaired) electrons. The van der Waals surface area contributed by atoms with Crippen LogP contribution in [-0.2, 0) is 16.6 Å². The first-order chi connectivity index (χ1) is 11.8. The van der Waals surface area contributed by atoms with Crippen molar-refractivity contribution in [3.8, 4) is 0 Å². The number of quaternary nitrogens is 1. The average Bonchev–Trinajstić information content (AvgIpc) is 2.81. The quantitative estimate of drug-likeness (QED) is 0.658. The van der Waals surface area contributed by atoms with Crippen LogP contribution in [0.1, 0.15) is 24.5 Å². The summed E-state index contributed by atoms with van der Waals surface area (Å²) in [5.74, 6) is 0. The molecule has 0 aromatic heterocycles. The zero-order chi connectivity index (χ0) is 18.1. The molecule has 3 atom stereocenters. The Morgan fingerprint density at radius 3 is 2.40 bits per heavy atom. The minimum absolute atomic E-state index is 0.147. The Balaban J connectivity index is 1.71. The Morgan fingerprint density at radius 1 is 1.12 bits per heavy atom. The average molecular weight is 360 g/mol. The molecule has 134 valence electrons. The van der Waals surface area contributed by atoms with Crippen LogP contribution in [0.2, 0.25) is 0 Å². The van der Waals surface area contributed by atoms with Gasteiger partial charge in [-0.05, 0) is 26.0 Å². The van der Waals surface area contributed by atoms with E-state index in [1.807, 2.05) is 44.2 Å². The lowest BCUT2D eigenvalue weighted by Gasteiger charge is -2.43. The predicted molar refractivity (Wildman–Crippen MR) is 98.0 cm³/mol. The molecule has 1 saturated heterocycles. The van der Waals surface area contributed by atoms with E-state index in [1.165, 1.54) is 0 Å². The molecule has 1 aliphatic rings. The summed E-state index contributed by atoms with van der Waals surface area (Å²) in [6, 6.07) is 15.9. The van der Waals surface area contributed by atoms with E-state index in [0.29, 0.717) is 13.0 Å². The number of nitrogens with one attached hydrogen (secondary N) is 1. The molecule has 3 rings (SSSR count). The zero-order valence-electron chi connectivity index (χ0n) is 14.6. The summed E-state index contributed by atoms with van der Waals surface area (Å²) < 4.78 is 27.4. The van der Waals surface area contributed by atoms with Crippen molar-refractivity contribution in [2.75, 3.05) is 6.54 Å². The van der Waals surface area contributed by atoms with E-state index in [2.05, 4.69) is 4.72 Å². The Bertz CT molecular complexity index is 822. The summed E-state index contributed by atoms with van der Waals surface area (Å²) in [4.78, 5) is 0.240. The van der Waals surface area contributed by atoms with Gasteiger partial charge in [0.05, 0.1) is 23.5 Å². The van der Waals surface area contributed by atoms with Crippen LogP contribution in [0.25, 0.3) is 0 Å². The second-order valence-corrected chi connectivity index (χ2v) is 8.71. The molecule has 5 nitrogen and oxygen atoms in total. The van der Waals surface area contributed by atoms with E-state index in [4.69, 9.17) is 0 Å². The van der Waals surface area contributed by atoms with Gasteiger partial charge >= 0.3 is 0 Å². The molecular formula is C19H24N2O3S. The van der Waals surface area contributed by atoms with Crippen LogP contribution in [0.15, 0.2) is 59.5 Å². The fourth-order valence-electron chi connectivity index (χ4n) is 3.43. The minimum Gasteiger partial charge on any atom is -0.632 e. The maximum atomic E-state index is 13.2. The number of hydrogen-bond acceptors (Lipinski definition) is 3. The van der Waals surface area contributed by atoms with Gasteiger partial charge in [-0.15, -0.1) is 0 Å². The third kappa shape index (κ3) is 4.10. The summed E-state index contributed by atoms with van der Waals surface area (Å²) in [6.45, 7) is 4.43. The normalized spacial score (nSPS) is 26.7. The molecule has 3 unspecified atom stereocenters. The van der Waals surface area contributed by atoms with Crippen molar-refractivity contribution in [2.24, 2.45) is 0 Å². The molecule has 1 heterocycles. The van der Waals surface area contributed by atoms with Gasteiger partial charge in [-0.2, -0.15) is 0 Å². The van der Waals surface area contributed by atoms with E-state index in [0.717, 1.165) is 11.1 Å². The van der Waals surface area contributed by atoms with E-state index in [-0.39, 0.29) is 23.5 Å². The van der Waals surface area contributed by atoms with Crippen molar-refractivity contribution in [2.45, 2.75) is 43.8 Å². The summed E-state index contributed by atoms with van der Waals surface area (Å²) >= 11 is 0. The summed E-state index contributed by atoms with van der Waals surface area (Å²) in [7, 11) is -3.61. The maximum Gasteiger partial charge on any atom is 0.241 e. The second kappa shape index (κ2) is 6.88. The molecule has 1 aliphatic heterocycles. The molecule has 0 aliphatic carbocycles. The van der Waals surface area contributed by atoms with Crippen molar-refractivity contribution in [3.05, 3.63) is 70.9 Å². The van der Waals surface area contributed by atoms with Crippen LogP contribution in [-0.4, -0.2) is 31.7 Å². The Hall–Kier alpha value is -1.73. The highest BCUT2D eigenvalue weighted by molar-refractivity contribution is 7.89.